The molecule has 0 saturated heterocycles. The molecule has 3 nitrogen and oxygen atoms in total. The van der Waals surface area contributed by atoms with E-state index in [4.69, 9.17) is 4.42 Å². The van der Waals surface area contributed by atoms with Crippen LogP contribution in [0.2, 0.25) is 0 Å². The zero-order valence-electron chi connectivity index (χ0n) is 36.7. The van der Waals surface area contributed by atoms with Gasteiger partial charge in [-0.25, -0.2) is 0 Å². The average molecular weight is 845 g/mol. The zero-order valence-corrected chi connectivity index (χ0v) is 36.7. The summed E-state index contributed by atoms with van der Waals surface area (Å²) in [7, 11) is 0. The van der Waals surface area contributed by atoms with Gasteiger partial charge in [0.25, 0.3) is 0 Å². The summed E-state index contributed by atoms with van der Waals surface area (Å²) in [5, 5.41) is 4.67. The van der Waals surface area contributed by atoms with Gasteiger partial charge in [-0.15, -0.1) is 0 Å². The van der Waals surface area contributed by atoms with Crippen LogP contribution in [0.4, 0.5) is 17.1 Å². The van der Waals surface area contributed by atoms with Crippen molar-refractivity contribution in [1.82, 2.24) is 4.57 Å². The van der Waals surface area contributed by atoms with E-state index in [1.54, 1.807) is 0 Å². The number of para-hydroxylation sites is 5. The zero-order chi connectivity index (χ0) is 43.9. The molecule has 0 fully saturated rings. The van der Waals surface area contributed by atoms with Crippen LogP contribution in [-0.2, 0) is 5.41 Å². The highest BCUT2D eigenvalue weighted by Crippen LogP contribution is 2.53. The lowest BCUT2D eigenvalue weighted by Crippen LogP contribution is -2.15. The second-order valence-corrected chi connectivity index (χ2v) is 18.0. The van der Waals surface area contributed by atoms with E-state index in [0.717, 1.165) is 72.5 Å². The molecule has 0 saturated carbocycles. The molecule has 2 aromatic heterocycles. The molecular formula is C63H44N2O. The first-order chi connectivity index (χ1) is 32.5. The number of furan rings is 1. The first kappa shape index (κ1) is 38.1. The number of fused-ring (bicyclic) bond motifs is 9. The SMILES string of the molecule is CC1(C)c2ccccc2-c2ccc(-c3ccccc3N(c3ccccc3-c3ccccc3)c3ccc4c(oc5ccccc54)c3-c3ccc(-n4c5ccccc5c5ccccc54)cc3)cc21. The molecule has 3 heteroatoms. The van der Waals surface area contributed by atoms with Gasteiger partial charge >= 0.3 is 0 Å². The molecule has 0 spiro atoms. The summed E-state index contributed by atoms with van der Waals surface area (Å²) >= 11 is 0. The minimum Gasteiger partial charge on any atom is -0.455 e. The maximum absolute atomic E-state index is 7.02. The average Bonchev–Trinajstić information content (AvgIpc) is 4.00. The smallest absolute Gasteiger partial charge is 0.145 e. The molecule has 12 aromatic rings. The number of aromatic nitrogens is 1. The highest BCUT2D eigenvalue weighted by Gasteiger charge is 2.36. The standard InChI is InChI=1S/C63H44N2O/c1-63(2)53-26-12-6-22-47(53)48-37-34-43(40-54(48)63)46-21-8-14-28-56(46)65(55-27-13-7-20-45(55)41-18-4-3-5-19-41)59-39-38-52-51-25-11-17-31-60(51)66-62(52)61(59)42-32-35-44(36-33-42)64-57-29-15-9-23-49(57)50-24-10-16-30-58(50)64/h3-40H,1-2H3. The van der Waals surface area contributed by atoms with Crippen LogP contribution < -0.4 is 4.90 Å². The van der Waals surface area contributed by atoms with Crippen molar-refractivity contribution in [2.75, 3.05) is 4.90 Å². The fourth-order valence-corrected chi connectivity index (χ4v) is 10.9. The fraction of sp³-hybridized carbons (Fsp3) is 0.0476. The molecule has 0 amide bonds. The van der Waals surface area contributed by atoms with Crippen molar-refractivity contribution in [3.05, 3.63) is 242 Å². The van der Waals surface area contributed by atoms with Gasteiger partial charge in [0.1, 0.15) is 11.2 Å². The van der Waals surface area contributed by atoms with Crippen LogP contribution in [0.3, 0.4) is 0 Å². The molecule has 0 radical (unpaired) electrons. The Labute approximate surface area is 384 Å². The van der Waals surface area contributed by atoms with Crippen molar-refractivity contribution in [1.29, 1.82) is 0 Å². The van der Waals surface area contributed by atoms with Crippen molar-refractivity contribution in [3.63, 3.8) is 0 Å². The molecule has 13 rings (SSSR count). The Morgan fingerprint density at radius 2 is 0.924 bits per heavy atom. The highest BCUT2D eigenvalue weighted by atomic mass is 16.3. The Hall–Kier alpha value is -8.40. The van der Waals surface area contributed by atoms with E-state index in [2.05, 4.69) is 254 Å². The molecule has 1 aliphatic carbocycles. The third kappa shape index (κ3) is 5.76. The van der Waals surface area contributed by atoms with E-state index >= 15 is 0 Å². The molecule has 10 aromatic carbocycles. The van der Waals surface area contributed by atoms with E-state index in [0.29, 0.717) is 0 Å². The lowest BCUT2D eigenvalue weighted by atomic mass is 9.81. The fourth-order valence-electron chi connectivity index (χ4n) is 10.9. The van der Waals surface area contributed by atoms with Crippen molar-refractivity contribution >= 4 is 60.8 Å². The molecule has 2 heterocycles. The third-order valence-corrected chi connectivity index (χ3v) is 14.0. The van der Waals surface area contributed by atoms with E-state index in [1.165, 1.54) is 49.6 Å². The summed E-state index contributed by atoms with van der Waals surface area (Å²) in [5.41, 5.74) is 20.3. The maximum Gasteiger partial charge on any atom is 0.145 e. The Morgan fingerprint density at radius 3 is 1.64 bits per heavy atom. The first-order valence-electron chi connectivity index (χ1n) is 22.8. The number of anilines is 3. The summed E-state index contributed by atoms with van der Waals surface area (Å²) in [6.07, 6.45) is 0. The molecule has 0 bridgehead atoms. The highest BCUT2D eigenvalue weighted by molar-refractivity contribution is 6.14. The first-order valence-corrected chi connectivity index (χ1v) is 22.8. The van der Waals surface area contributed by atoms with Crippen molar-refractivity contribution in [2.45, 2.75) is 19.3 Å². The largest absolute Gasteiger partial charge is 0.455 e. The van der Waals surface area contributed by atoms with Gasteiger partial charge in [-0.05, 0) is 99.6 Å². The third-order valence-electron chi connectivity index (χ3n) is 14.0. The second-order valence-electron chi connectivity index (χ2n) is 18.0. The van der Waals surface area contributed by atoms with Gasteiger partial charge < -0.3 is 13.9 Å². The van der Waals surface area contributed by atoms with E-state index in [1.807, 2.05) is 0 Å². The summed E-state index contributed by atoms with van der Waals surface area (Å²) < 4.78 is 9.40. The van der Waals surface area contributed by atoms with E-state index < -0.39 is 0 Å². The van der Waals surface area contributed by atoms with Crippen LogP contribution in [0.15, 0.2) is 235 Å². The quantitative estimate of drug-likeness (QED) is 0.159. The Morgan fingerprint density at radius 1 is 0.379 bits per heavy atom. The summed E-state index contributed by atoms with van der Waals surface area (Å²) in [4.78, 5) is 2.48. The van der Waals surface area contributed by atoms with Crippen LogP contribution in [-0.4, -0.2) is 4.57 Å². The second kappa shape index (κ2) is 14.8. The van der Waals surface area contributed by atoms with Crippen LogP contribution in [0.1, 0.15) is 25.0 Å². The molecule has 0 unspecified atom stereocenters. The Bertz CT molecular complexity index is 3800. The van der Waals surface area contributed by atoms with Crippen LogP contribution in [0.25, 0.3) is 93.9 Å². The van der Waals surface area contributed by atoms with Gasteiger partial charge in [0.15, 0.2) is 0 Å². The van der Waals surface area contributed by atoms with Gasteiger partial charge in [-0.1, -0.05) is 184 Å². The normalized spacial score (nSPS) is 12.8. The van der Waals surface area contributed by atoms with Crippen molar-refractivity contribution < 1.29 is 4.42 Å². The van der Waals surface area contributed by atoms with Gasteiger partial charge in [0.2, 0.25) is 0 Å². The topological polar surface area (TPSA) is 21.3 Å². The molecule has 312 valence electrons. The Kier molecular flexibility index (Phi) is 8.56. The predicted molar refractivity (Wildman–Crippen MR) is 277 cm³/mol. The van der Waals surface area contributed by atoms with E-state index in [-0.39, 0.29) is 5.41 Å². The van der Waals surface area contributed by atoms with Gasteiger partial charge in [-0.3, -0.25) is 0 Å². The Balaban J connectivity index is 1.07. The maximum atomic E-state index is 7.02. The molecule has 1 aliphatic rings. The number of benzene rings is 10. The monoisotopic (exact) mass is 844 g/mol. The molecule has 66 heavy (non-hydrogen) atoms. The molecule has 0 atom stereocenters. The number of hydrogen-bond acceptors (Lipinski definition) is 2. The molecule has 0 N–H and O–H groups in total. The predicted octanol–water partition coefficient (Wildman–Crippen LogP) is 17.5. The van der Waals surface area contributed by atoms with E-state index in [9.17, 15) is 0 Å². The van der Waals surface area contributed by atoms with Crippen LogP contribution >= 0.6 is 0 Å². The van der Waals surface area contributed by atoms with Crippen molar-refractivity contribution in [2.24, 2.45) is 0 Å². The number of rotatable bonds is 7. The van der Waals surface area contributed by atoms with Gasteiger partial charge in [0, 0.05) is 49.3 Å². The summed E-state index contributed by atoms with van der Waals surface area (Å²) in [5.74, 6) is 0. The van der Waals surface area contributed by atoms with Gasteiger partial charge in [-0.2, -0.15) is 0 Å². The number of hydrogen-bond donors (Lipinski definition) is 0. The molecular weight excluding hydrogens is 801 g/mol. The van der Waals surface area contributed by atoms with Crippen molar-refractivity contribution in [3.8, 4) is 50.2 Å². The lowest BCUT2D eigenvalue weighted by molar-refractivity contribution is 0.660. The van der Waals surface area contributed by atoms with Crippen LogP contribution in [0.5, 0.6) is 0 Å². The summed E-state index contributed by atoms with van der Waals surface area (Å²) in [6, 6.07) is 83.9. The minimum atomic E-state index is -0.138. The van der Waals surface area contributed by atoms with Gasteiger partial charge in [0.05, 0.1) is 28.1 Å². The number of nitrogens with zero attached hydrogens (tertiary/aromatic N) is 2. The summed E-state index contributed by atoms with van der Waals surface area (Å²) in [6.45, 7) is 4.72. The lowest BCUT2D eigenvalue weighted by Gasteiger charge is -2.32. The van der Waals surface area contributed by atoms with Crippen LogP contribution in [0, 0.1) is 0 Å². The minimum absolute atomic E-state index is 0.138. The molecule has 0 aliphatic heterocycles.